The number of hydrogen-bond donors (Lipinski definition) is 2. The molecule has 2 heterocycles. The van der Waals surface area contributed by atoms with Gasteiger partial charge >= 0.3 is 12.8 Å². The highest BCUT2D eigenvalue weighted by atomic mass is 19.4. The Hall–Kier alpha value is -3.42. The van der Waals surface area contributed by atoms with Crippen LogP contribution < -0.4 is 15.4 Å². The zero-order chi connectivity index (χ0) is 27.0. The zero-order valence-corrected chi connectivity index (χ0v) is 18.9. The van der Waals surface area contributed by atoms with Crippen molar-refractivity contribution in [3.8, 4) is 5.75 Å². The number of halogens is 7. The third-order valence-electron chi connectivity index (χ3n) is 6.06. The number of carbonyl (C=O) groups is 2. The van der Waals surface area contributed by atoms with Crippen LogP contribution in [0.1, 0.15) is 35.8 Å². The summed E-state index contributed by atoms with van der Waals surface area (Å²) < 4.78 is 105. The Morgan fingerprint density at radius 2 is 1.86 bits per heavy atom. The van der Waals surface area contributed by atoms with Crippen LogP contribution in [0.15, 0.2) is 30.5 Å². The molecule has 1 aliphatic heterocycles. The molecule has 4 atom stereocenters. The van der Waals surface area contributed by atoms with Crippen molar-refractivity contribution in [1.29, 1.82) is 0 Å². The van der Waals surface area contributed by atoms with E-state index in [0.717, 1.165) is 25.3 Å². The lowest BCUT2D eigenvalue weighted by molar-refractivity contribution is -0.272. The maximum absolute atomic E-state index is 14.4. The van der Waals surface area contributed by atoms with E-state index in [1.54, 1.807) is 0 Å². The minimum Gasteiger partial charge on any atom is -0.431 e. The molecule has 2 unspecified atom stereocenters. The highest BCUT2D eigenvalue weighted by Gasteiger charge is 2.66. The number of aromatic nitrogens is 1. The largest absolute Gasteiger partial charge is 0.431 e. The molecule has 14 heteroatoms. The Labute approximate surface area is 200 Å². The van der Waals surface area contributed by atoms with Crippen LogP contribution in [0.4, 0.5) is 36.4 Å². The van der Waals surface area contributed by atoms with Crippen molar-refractivity contribution in [3.05, 3.63) is 53.4 Å². The molecule has 3 rings (SSSR count). The Morgan fingerprint density at radius 1 is 1.19 bits per heavy atom. The van der Waals surface area contributed by atoms with Gasteiger partial charge in [-0.05, 0) is 25.1 Å². The van der Waals surface area contributed by atoms with Gasteiger partial charge in [0.1, 0.15) is 11.8 Å². The van der Waals surface area contributed by atoms with Gasteiger partial charge in [0.05, 0.1) is 0 Å². The lowest BCUT2D eigenvalue weighted by Gasteiger charge is -2.32. The fourth-order valence-corrected chi connectivity index (χ4v) is 4.02. The van der Waals surface area contributed by atoms with Crippen molar-refractivity contribution in [2.75, 3.05) is 12.4 Å². The standard InChI is InChI=1S/C22H20F7N3O4/c1-9-14(11-4-5-12(23)15(24)16(11)35-20(25)26)17(36-21(9,2)22(27,28)29)19(34)32-10-6-7-31-13(8-10)18(33)30-3/h4-9,14,17,20H,1-3H3,(H,30,33)(H,31,32,34)/t9-,14?,17?,21+/m0/s1. The first kappa shape index (κ1) is 27.2. The number of nitrogens with one attached hydrogen (secondary N) is 2. The summed E-state index contributed by atoms with van der Waals surface area (Å²) in [5.41, 5.74) is -3.76. The average Bonchev–Trinajstić information content (AvgIpc) is 3.08. The monoisotopic (exact) mass is 523 g/mol. The second-order valence-corrected chi connectivity index (χ2v) is 8.11. The summed E-state index contributed by atoms with van der Waals surface area (Å²) in [6.45, 7) is -1.95. The third-order valence-corrected chi connectivity index (χ3v) is 6.06. The van der Waals surface area contributed by atoms with E-state index in [1.807, 2.05) is 0 Å². The van der Waals surface area contributed by atoms with Crippen LogP contribution in [0.3, 0.4) is 0 Å². The zero-order valence-electron chi connectivity index (χ0n) is 18.9. The number of pyridine rings is 1. The smallest absolute Gasteiger partial charge is 0.417 e. The van der Waals surface area contributed by atoms with E-state index in [1.165, 1.54) is 13.1 Å². The Bertz CT molecular complexity index is 1160. The second kappa shape index (κ2) is 9.91. The molecule has 1 saturated heterocycles. The number of hydrogen-bond acceptors (Lipinski definition) is 5. The van der Waals surface area contributed by atoms with Gasteiger partial charge in [0.25, 0.3) is 11.8 Å². The topological polar surface area (TPSA) is 89.6 Å². The molecule has 2 aromatic rings. The fraction of sp³-hybridized carbons (Fsp3) is 0.409. The van der Waals surface area contributed by atoms with Gasteiger partial charge in [-0.15, -0.1) is 0 Å². The summed E-state index contributed by atoms with van der Waals surface area (Å²) in [7, 11) is 1.33. The van der Waals surface area contributed by atoms with Crippen LogP contribution in [0.2, 0.25) is 0 Å². The van der Waals surface area contributed by atoms with Crippen LogP contribution in [0.25, 0.3) is 0 Å². The predicted octanol–water partition coefficient (Wildman–Crippen LogP) is 4.40. The van der Waals surface area contributed by atoms with Crippen LogP contribution in [0.5, 0.6) is 5.75 Å². The highest BCUT2D eigenvalue weighted by Crippen LogP contribution is 2.55. The first-order valence-electron chi connectivity index (χ1n) is 10.4. The molecular formula is C22H20F7N3O4. The molecule has 7 nitrogen and oxygen atoms in total. The van der Waals surface area contributed by atoms with Crippen molar-refractivity contribution in [1.82, 2.24) is 10.3 Å². The van der Waals surface area contributed by atoms with Gasteiger partial charge in [0, 0.05) is 36.3 Å². The van der Waals surface area contributed by atoms with Gasteiger partial charge < -0.3 is 20.1 Å². The minimum absolute atomic E-state index is 0.0430. The number of ether oxygens (including phenoxy) is 2. The number of anilines is 1. The van der Waals surface area contributed by atoms with E-state index in [0.29, 0.717) is 13.0 Å². The van der Waals surface area contributed by atoms with Crippen molar-refractivity contribution in [2.45, 2.75) is 44.3 Å². The van der Waals surface area contributed by atoms with Crippen molar-refractivity contribution in [2.24, 2.45) is 5.92 Å². The molecule has 0 bridgehead atoms. The first-order chi connectivity index (χ1) is 16.7. The number of rotatable bonds is 6. The summed E-state index contributed by atoms with van der Waals surface area (Å²) in [4.78, 5) is 28.7. The molecule has 2 amide bonds. The van der Waals surface area contributed by atoms with Gasteiger partial charge in [-0.3, -0.25) is 14.6 Å². The van der Waals surface area contributed by atoms with E-state index < -0.39 is 71.1 Å². The van der Waals surface area contributed by atoms with Crippen molar-refractivity contribution < 1.29 is 49.8 Å². The third kappa shape index (κ3) is 4.94. The van der Waals surface area contributed by atoms with Gasteiger partial charge in [-0.1, -0.05) is 13.0 Å². The molecule has 196 valence electrons. The molecule has 1 aliphatic rings. The summed E-state index contributed by atoms with van der Waals surface area (Å²) in [6, 6.07) is 3.66. The highest BCUT2D eigenvalue weighted by molar-refractivity contribution is 5.97. The summed E-state index contributed by atoms with van der Waals surface area (Å²) in [5.74, 6) is -9.89. The molecule has 0 radical (unpaired) electrons. The summed E-state index contributed by atoms with van der Waals surface area (Å²) in [5, 5.41) is 4.60. The van der Waals surface area contributed by atoms with Crippen LogP contribution in [-0.2, 0) is 9.53 Å². The minimum atomic E-state index is -5.04. The van der Waals surface area contributed by atoms with Gasteiger partial charge in [0.15, 0.2) is 17.2 Å². The van der Waals surface area contributed by atoms with Gasteiger partial charge in [0.2, 0.25) is 5.82 Å². The maximum Gasteiger partial charge on any atom is 0.417 e. The molecule has 0 aliphatic carbocycles. The van der Waals surface area contributed by atoms with Gasteiger partial charge in [-0.2, -0.15) is 26.3 Å². The predicted molar refractivity (Wildman–Crippen MR) is 110 cm³/mol. The van der Waals surface area contributed by atoms with Crippen LogP contribution in [0, 0.1) is 17.6 Å². The summed E-state index contributed by atoms with van der Waals surface area (Å²) >= 11 is 0. The lowest BCUT2D eigenvalue weighted by atomic mass is 9.77. The molecule has 1 fully saturated rings. The van der Waals surface area contributed by atoms with Crippen LogP contribution >= 0.6 is 0 Å². The average molecular weight is 523 g/mol. The quantitative estimate of drug-likeness (QED) is 0.548. The second-order valence-electron chi connectivity index (χ2n) is 8.11. The molecule has 0 spiro atoms. The van der Waals surface area contributed by atoms with E-state index in [9.17, 15) is 40.3 Å². The maximum atomic E-state index is 14.4. The SMILES string of the molecule is CNC(=O)c1cc(NC(=O)C2O[C@@](C)(C(F)(F)F)[C@@H](C)C2c2ccc(F)c(F)c2OC(F)F)ccn1. The molecule has 1 aromatic carbocycles. The van der Waals surface area contributed by atoms with E-state index >= 15 is 0 Å². The van der Waals surface area contributed by atoms with Crippen molar-refractivity contribution in [3.63, 3.8) is 0 Å². The van der Waals surface area contributed by atoms with Gasteiger partial charge in [-0.25, -0.2) is 4.39 Å². The number of carbonyl (C=O) groups excluding carboxylic acids is 2. The first-order valence-corrected chi connectivity index (χ1v) is 10.4. The molecule has 1 aromatic heterocycles. The Balaban J connectivity index is 2.09. The number of benzene rings is 1. The Kier molecular flexibility index (Phi) is 7.48. The molecular weight excluding hydrogens is 503 g/mol. The van der Waals surface area contributed by atoms with E-state index in [-0.39, 0.29) is 11.4 Å². The normalized spacial score (nSPS) is 24.0. The molecule has 2 N–H and O–H groups in total. The Morgan fingerprint density at radius 3 is 2.44 bits per heavy atom. The number of alkyl halides is 5. The fourth-order valence-electron chi connectivity index (χ4n) is 4.02. The lowest BCUT2D eigenvalue weighted by Crippen LogP contribution is -2.47. The van der Waals surface area contributed by atoms with Crippen LogP contribution in [-0.4, -0.2) is 48.3 Å². The summed E-state index contributed by atoms with van der Waals surface area (Å²) in [6.07, 6.45) is -5.89. The van der Waals surface area contributed by atoms with E-state index in [2.05, 4.69) is 20.4 Å². The number of amides is 2. The van der Waals surface area contributed by atoms with E-state index in [4.69, 9.17) is 4.74 Å². The molecule has 36 heavy (non-hydrogen) atoms. The van der Waals surface area contributed by atoms with Crippen molar-refractivity contribution >= 4 is 17.5 Å². The molecule has 0 saturated carbocycles. The number of nitrogens with zero attached hydrogens (tertiary/aromatic N) is 1.